The first-order chi connectivity index (χ1) is 12.5. The molecule has 1 aliphatic heterocycles. The summed E-state index contributed by atoms with van der Waals surface area (Å²) >= 11 is 0. The van der Waals surface area contributed by atoms with Crippen LogP contribution < -0.4 is 0 Å². The average Bonchev–Trinajstić information content (AvgIpc) is 2.62. The van der Waals surface area contributed by atoms with Gasteiger partial charge in [-0.2, -0.15) is 0 Å². The van der Waals surface area contributed by atoms with Crippen molar-refractivity contribution in [2.24, 2.45) is 0 Å². The number of aliphatic hydroxyl groups excluding tert-OH is 1. The summed E-state index contributed by atoms with van der Waals surface area (Å²) in [6.07, 6.45) is 0.635. The van der Waals surface area contributed by atoms with Crippen LogP contribution in [0.2, 0.25) is 0 Å². The van der Waals surface area contributed by atoms with Gasteiger partial charge in [-0.15, -0.1) is 0 Å². The minimum absolute atomic E-state index is 0.0893. The molecule has 1 aliphatic rings. The second-order valence-electron chi connectivity index (χ2n) is 6.79. The SMILES string of the molecule is OCC[C@H]1CN(Cc2ccc(O)cc2)CCN1Cc1ccc(F)c(F)c1. The maximum Gasteiger partial charge on any atom is 0.159 e. The third-order valence-electron chi connectivity index (χ3n) is 4.86. The van der Waals surface area contributed by atoms with E-state index < -0.39 is 11.6 Å². The van der Waals surface area contributed by atoms with Crippen LogP contribution in [0, 0.1) is 11.6 Å². The molecule has 1 fully saturated rings. The van der Waals surface area contributed by atoms with Crippen molar-refractivity contribution in [3.8, 4) is 5.75 Å². The van der Waals surface area contributed by atoms with E-state index in [4.69, 9.17) is 0 Å². The summed E-state index contributed by atoms with van der Waals surface area (Å²) in [7, 11) is 0. The van der Waals surface area contributed by atoms with Crippen molar-refractivity contribution in [3.63, 3.8) is 0 Å². The lowest BCUT2D eigenvalue weighted by atomic mass is 10.1. The minimum Gasteiger partial charge on any atom is -0.508 e. The summed E-state index contributed by atoms with van der Waals surface area (Å²) in [5.74, 6) is -1.41. The number of piperazine rings is 1. The van der Waals surface area contributed by atoms with Crippen molar-refractivity contribution in [3.05, 3.63) is 65.2 Å². The van der Waals surface area contributed by atoms with Gasteiger partial charge in [0.15, 0.2) is 11.6 Å². The number of rotatable bonds is 6. The van der Waals surface area contributed by atoms with Crippen molar-refractivity contribution in [2.75, 3.05) is 26.2 Å². The van der Waals surface area contributed by atoms with E-state index in [9.17, 15) is 19.0 Å². The summed E-state index contributed by atoms with van der Waals surface area (Å²) in [5, 5.41) is 18.8. The number of aliphatic hydroxyl groups is 1. The highest BCUT2D eigenvalue weighted by Gasteiger charge is 2.26. The zero-order chi connectivity index (χ0) is 18.5. The molecule has 1 atom stereocenters. The first kappa shape index (κ1) is 18.8. The molecule has 140 valence electrons. The molecule has 0 saturated carbocycles. The molecule has 1 saturated heterocycles. The highest BCUT2D eigenvalue weighted by Crippen LogP contribution is 2.20. The molecule has 2 aromatic carbocycles. The lowest BCUT2D eigenvalue weighted by Gasteiger charge is -2.41. The minimum atomic E-state index is -0.834. The lowest BCUT2D eigenvalue weighted by molar-refractivity contribution is 0.0499. The third kappa shape index (κ3) is 4.78. The second-order valence-corrected chi connectivity index (χ2v) is 6.79. The molecule has 6 heteroatoms. The van der Waals surface area contributed by atoms with E-state index in [2.05, 4.69) is 9.80 Å². The number of hydrogen-bond donors (Lipinski definition) is 2. The van der Waals surface area contributed by atoms with Crippen LogP contribution in [0.25, 0.3) is 0 Å². The van der Waals surface area contributed by atoms with Gasteiger partial charge in [0.05, 0.1) is 0 Å². The summed E-state index contributed by atoms with van der Waals surface area (Å²) in [6, 6.07) is 11.3. The largest absolute Gasteiger partial charge is 0.508 e. The average molecular weight is 362 g/mol. The summed E-state index contributed by atoms with van der Waals surface area (Å²) in [6.45, 7) is 3.85. The van der Waals surface area contributed by atoms with E-state index in [0.29, 0.717) is 13.0 Å². The Morgan fingerprint density at radius 3 is 2.35 bits per heavy atom. The summed E-state index contributed by atoms with van der Waals surface area (Å²) < 4.78 is 26.6. The van der Waals surface area contributed by atoms with Crippen LogP contribution >= 0.6 is 0 Å². The number of halogens is 2. The molecule has 0 unspecified atom stereocenters. The maximum atomic E-state index is 13.5. The highest BCUT2D eigenvalue weighted by atomic mass is 19.2. The first-order valence-electron chi connectivity index (χ1n) is 8.84. The molecule has 26 heavy (non-hydrogen) atoms. The van der Waals surface area contributed by atoms with Gasteiger partial charge >= 0.3 is 0 Å². The fourth-order valence-corrected chi connectivity index (χ4v) is 3.46. The summed E-state index contributed by atoms with van der Waals surface area (Å²) in [5.41, 5.74) is 1.86. The Bertz CT molecular complexity index is 724. The van der Waals surface area contributed by atoms with E-state index in [0.717, 1.165) is 43.4 Å². The van der Waals surface area contributed by atoms with Crippen LogP contribution in [0.5, 0.6) is 5.75 Å². The molecule has 0 spiro atoms. The van der Waals surface area contributed by atoms with Gasteiger partial charge in [0.1, 0.15) is 5.75 Å². The highest BCUT2D eigenvalue weighted by molar-refractivity contribution is 5.26. The number of hydrogen-bond acceptors (Lipinski definition) is 4. The van der Waals surface area contributed by atoms with Crippen molar-refractivity contribution >= 4 is 0 Å². The van der Waals surface area contributed by atoms with Gasteiger partial charge in [0.2, 0.25) is 0 Å². The molecule has 0 amide bonds. The van der Waals surface area contributed by atoms with Crippen molar-refractivity contribution < 1.29 is 19.0 Å². The summed E-state index contributed by atoms with van der Waals surface area (Å²) in [4.78, 5) is 4.53. The zero-order valence-corrected chi connectivity index (χ0v) is 14.6. The van der Waals surface area contributed by atoms with Crippen LogP contribution in [-0.2, 0) is 13.1 Å². The van der Waals surface area contributed by atoms with Gasteiger partial charge in [0, 0.05) is 45.4 Å². The molecule has 2 aromatic rings. The Kier molecular flexibility index (Phi) is 6.19. The molecule has 0 radical (unpaired) electrons. The van der Waals surface area contributed by atoms with Gasteiger partial charge in [-0.3, -0.25) is 9.80 Å². The van der Waals surface area contributed by atoms with Crippen molar-refractivity contribution in [2.45, 2.75) is 25.6 Å². The Hall–Kier alpha value is -2.02. The van der Waals surface area contributed by atoms with E-state index >= 15 is 0 Å². The maximum absolute atomic E-state index is 13.5. The Labute approximate surface area is 152 Å². The Morgan fingerprint density at radius 2 is 1.65 bits per heavy atom. The standard InChI is InChI=1S/C20H24F2N2O2/c21-19-6-3-16(11-20(19)22)13-24-9-8-23(14-17(24)7-10-25)12-15-1-4-18(26)5-2-15/h1-6,11,17,25-26H,7-10,12-14H2/t17-/m0/s1. The molecule has 0 aliphatic carbocycles. The molecule has 0 bridgehead atoms. The molecular formula is C20H24F2N2O2. The Morgan fingerprint density at radius 1 is 0.923 bits per heavy atom. The van der Waals surface area contributed by atoms with Gasteiger partial charge in [-0.05, 0) is 41.8 Å². The van der Waals surface area contributed by atoms with E-state index in [-0.39, 0.29) is 18.4 Å². The number of phenols is 1. The van der Waals surface area contributed by atoms with Gasteiger partial charge in [0.25, 0.3) is 0 Å². The van der Waals surface area contributed by atoms with Crippen LogP contribution in [0.1, 0.15) is 17.5 Å². The van der Waals surface area contributed by atoms with Gasteiger partial charge < -0.3 is 10.2 Å². The normalized spacial score (nSPS) is 19.0. The number of benzene rings is 2. The quantitative estimate of drug-likeness (QED) is 0.830. The monoisotopic (exact) mass is 362 g/mol. The van der Waals surface area contributed by atoms with E-state index in [1.807, 2.05) is 12.1 Å². The van der Waals surface area contributed by atoms with Crippen molar-refractivity contribution in [1.82, 2.24) is 9.80 Å². The van der Waals surface area contributed by atoms with Crippen LogP contribution in [0.15, 0.2) is 42.5 Å². The molecular weight excluding hydrogens is 338 g/mol. The first-order valence-corrected chi connectivity index (χ1v) is 8.84. The lowest BCUT2D eigenvalue weighted by Crippen LogP contribution is -2.52. The number of phenolic OH excluding ortho intramolecular Hbond substituents is 1. The Balaban J connectivity index is 1.63. The fraction of sp³-hybridized carbons (Fsp3) is 0.400. The number of nitrogens with zero attached hydrogens (tertiary/aromatic N) is 2. The second kappa shape index (κ2) is 8.58. The van der Waals surface area contributed by atoms with Crippen LogP contribution in [-0.4, -0.2) is 52.3 Å². The smallest absolute Gasteiger partial charge is 0.159 e. The predicted octanol–water partition coefficient (Wildman–Crippen LogP) is 2.74. The van der Waals surface area contributed by atoms with Crippen LogP contribution in [0.3, 0.4) is 0 Å². The predicted molar refractivity (Wildman–Crippen MR) is 95.6 cm³/mol. The van der Waals surface area contributed by atoms with Crippen molar-refractivity contribution in [1.29, 1.82) is 0 Å². The fourth-order valence-electron chi connectivity index (χ4n) is 3.46. The number of aromatic hydroxyl groups is 1. The zero-order valence-electron chi connectivity index (χ0n) is 14.6. The molecule has 4 nitrogen and oxygen atoms in total. The van der Waals surface area contributed by atoms with Crippen LogP contribution in [0.4, 0.5) is 8.78 Å². The van der Waals surface area contributed by atoms with Gasteiger partial charge in [-0.1, -0.05) is 18.2 Å². The molecule has 3 rings (SSSR count). The van der Waals surface area contributed by atoms with E-state index in [1.165, 1.54) is 6.07 Å². The third-order valence-corrected chi connectivity index (χ3v) is 4.86. The van der Waals surface area contributed by atoms with Gasteiger partial charge in [-0.25, -0.2) is 8.78 Å². The molecule has 2 N–H and O–H groups in total. The topological polar surface area (TPSA) is 46.9 Å². The molecule has 0 aromatic heterocycles. The molecule has 1 heterocycles. The van der Waals surface area contributed by atoms with E-state index in [1.54, 1.807) is 18.2 Å².